The van der Waals surface area contributed by atoms with Crippen molar-refractivity contribution in [2.24, 2.45) is 0 Å². The molecular formula is C17H28O12. The number of ether oxygens (including phenoxy) is 4. The van der Waals surface area contributed by atoms with Gasteiger partial charge >= 0.3 is 5.97 Å². The Hall–Kier alpha value is -1.22. The van der Waals surface area contributed by atoms with Crippen LogP contribution in [0.4, 0.5) is 0 Å². The van der Waals surface area contributed by atoms with Gasteiger partial charge in [0.15, 0.2) is 12.4 Å². The van der Waals surface area contributed by atoms with Gasteiger partial charge in [-0.3, -0.25) is 4.79 Å². The fourth-order valence-corrected chi connectivity index (χ4v) is 2.91. The van der Waals surface area contributed by atoms with Crippen molar-refractivity contribution in [3.63, 3.8) is 0 Å². The SMILES string of the molecule is CCC(C)(C)OC1OC(C(=O)O)C(O)C(O[C@@H]2OC(CO)C(O)[C@H](O)C2=O)C1O. The van der Waals surface area contributed by atoms with Crippen molar-refractivity contribution in [2.75, 3.05) is 6.61 Å². The molecule has 168 valence electrons. The van der Waals surface area contributed by atoms with Crippen LogP contribution in [-0.2, 0) is 28.5 Å². The third-order valence-corrected chi connectivity index (χ3v) is 5.06. The van der Waals surface area contributed by atoms with Crippen LogP contribution in [-0.4, -0.2) is 110 Å². The average molecular weight is 424 g/mol. The van der Waals surface area contributed by atoms with Crippen LogP contribution in [0, 0.1) is 0 Å². The molecule has 0 aliphatic carbocycles. The standard InChI is InChI=1S/C17H28O12/c1-4-17(2,3)29-16-11(23)12(10(22)13(28-16)14(24)25)27-15-9(21)8(20)7(19)6(5-18)26-15/h6-8,10-13,15-16,18-20,22-23H,4-5H2,1-3H3,(H,24,25)/t6?,7?,8-,10?,11?,12?,13?,15-,16?/m0/s1. The number of hydrogen-bond acceptors (Lipinski definition) is 11. The lowest BCUT2D eigenvalue weighted by atomic mass is 9.97. The van der Waals surface area contributed by atoms with Gasteiger partial charge in [0, 0.05) is 0 Å². The van der Waals surface area contributed by atoms with Gasteiger partial charge < -0.3 is 49.6 Å². The molecule has 12 nitrogen and oxygen atoms in total. The molecule has 0 aromatic carbocycles. The molecule has 2 fully saturated rings. The van der Waals surface area contributed by atoms with Gasteiger partial charge in [-0.25, -0.2) is 4.79 Å². The summed E-state index contributed by atoms with van der Waals surface area (Å²) in [5, 5.41) is 59.0. The van der Waals surface area contributed by atoms with E-state index in [1.54, 1.807) is 20.8 Å². The zero-order chi connectivity index (χ0) is 22.1. The van der Waals surface area contributed by atoms with Crippen molar-refractivity contribution in [1.29, 1.82) is 0 Å². The quantitative estimate of drug-likeness (QED) is 0.245. The van der Waals surface area contributed by atoms with E-state index in [1.807, 2.05) is 0 Å². The number of aliphatic hydroxyl groups excluding tert-OH is 5. The van der Waals surface area contributed by atoms with Crippen LogP contribution in [0.1, 0.15) is 27.2 Å². The number of rotatable bonds is 7. The van der Waals surface area contributed by atoms with Gasteiger partial charge in [0.2, 0.25) is 12.1 Å². The Morgan fingerprint density at radius 2 is 1.72 bits per heavy atom. The Balaban J connectivity index is 2.25. The number of ketones is 1. The van der Waals surface area contributed by atoms with Gasteiger partial charge in [0.25, 0.3) is 0 Å². The zero-order valence-electron chi connectivity index (χ0n) is 16.2. The van der Waals surface area contributed by atoms with Gasteiger partial charge in [-0.15, -0.1) is 0 Å². The Kier molecular flexibility index (Phi) is 7.70. The topological polar surface area (TPSA) is 192 Å². The molecule has 0 bridgehead atoms. The predicted molar refractivity (Wildman–Crippen MR) is 91.4 cm³/mol. The minimum Gasteiger partial charge on any atom is -0.479 e. The van der Waals surface area contributed by atoms with E-state index in [4.69, 9.17) is 18.9 Å². The number of carbonyl (C=O) groups excluding carboxylic acids is 1. The van der Waals surface area contributed by atoms with Crippen LogP contribution in [0.3, 0.4) is 0 Å². The van der Waals surface area contributed by atoms with E-state index in [9.17, 15) is 40.2 Å². The van der Waals surface area contributed by atoms with E-state index in [0.717, 1.165) is 0 Å². The molecule has 0 radical (unpaired) electrons. The van der Waals surface area contributed by atoms with Crippen LogP contribution in [0.25, 0.3) is 0 Å². The fourth-order valence-electron chi connectivity index (χ4n) is 2.91. The number of aliphatic carboxylic acids is 1. The van der Waals surface area contributed by atoms with Crippen molar-refractivity contribution in [3.05, 3.63) is 0 Å². The summed E-state index contributed by atoms with van der Waals surface area (Å²) >= 11 is 0. The molecule has 12 heteroatoms. The Morgan fingerprint density at radius 1 is 1.10 bits per heavy atom. The molecule has 2 aliphatic rings. The highest BCUT2D eigenvalue weighted by molar-refractivity contribution is 5.87. The number of carboxylic acid groups (broad SMARTS) is 1. The predicted octanol–water partition coefficient (Wildman–Crippen LogP) is -2.88. The molecule has 2 heterocycles. The molecule has 2 aliphatic heterocycles. The Morgan fingerprint density at radius 3 is 2.24 bits per heavy atom. The summed E-state index contributed by atoms with van der Waals surface area (Å²) in [6, 6.07) is 0. The van der Waals surface area contributed by atoms with Crippen LogP contribution in [0.2, 0.25) is 0 Å². The first kappa shape index (κ1) is 24.1. The zero-order valence-corrected chi connectivity index (χ0v) is 16.2. The number of carbonyl (C=O) groups is 2. The van der Waals surface area contributed by atoms with Gasteiger partial charge in [0.05, 0.1) is 12.2 Å². The summed E-state index contributed by atoms with van der Waals surface area (Å²) in [5.74, 6) is -2.67. The molecule has 29 heavy (non-hydrogen) atoms. The van der Waals surface area contributed by atoms with Crippen molar-refractivity contribution in [3.8, 4) is 0 Å². The van der Waals surface area contributed by atoms with Gasteiger partial charge in [-0.2, -0.15) is 0 Å². The summed E-state index contributed by atoms with van der Waals surface area (Å²) in [4.78, 5) is 23.6. The van der Waals surface area contributed by atoms with Gasteiger partial charge in [0.1, 0.15) is 36.6 Å². The highest BCUT2D eigenvalue weighted by Crippen LogP contribution is 2.31. The van der Waals surface area contributed by atoms with Gasteiger partial charge in [-0.05, 0) is 20.3 Å². The third-order valence-electron chi connectivity index (χ3n) is 5.06. The second kappa shape index (κ2) is 9.29. The molecule has 0 aromatic rings. The van der Waals surface area contributed by atoms with Crippen LogP contribution >= 0.6 is 0 Å². The first-order valence-corrected chi connectivity index (χ1v) is 9.17. The van der Waals surface area contributed by atoms with Crippen molar-refractivity contribution >= 4 is 11.8 Å². The first-order valence-electron chi connectivity index (χ1n) is 9.17. The number of hydrogen-bond donors (Lipinski definition) is 6. The summed E-state index contributed by atoms with van der Waals surface area (Å²) in [5.41, 5.74) is -0.818. The van der Waals surface area contributed by atoms with E-state index >= 15 is 0 Å². The molecular weight excluding hydrogens is 396 g/mol. The maximum Gasteiger partial charge on any atom is 0.335 e. The lowest BCUT2D eigenvalue weighted by molar-refractivity contribution is -0.341. The molecule has 0 aromatic heterocycles. The van der Waals surface area contributed by atoms with Gasteiger partial charge in [-0.1, -0.05) is 6.92 Å². The largest absolute Gasteiger partial charge is 0.479 e. The number of aliphatic hydroxyl groups is 5. The molecule has 0 saturated carbocycles. The average Bonchev–Trinajstić information content (AvgIpc) is 2.66. The van der Waals surface area contributed by atoms with Crippen molar-refractivity contribution in [1.82, 2.24) is 0 Å². The molecule has 9 atom stereocenters. The lowest BCUT2D eigenvalue weighted by Gasteiger charge is -2.45. The number of Topliss-reactive ketones (excluding diaryl/α,β-unsaturated/α-hetero) is 1. The van der Waals surface area contributed by atoms with E-state index in [0.29, 0.717) is 6.42 Å². The van der Waals surface area contributed by atoms with E-state index in [1.165, 1.54) is 0 Å². The Bertz CT molecular complexity index is 595. The van der Waals surface area contributed by atoms with E-state index in [2.05, 4.69) is 0 Å². The van der Waals surface area contributed by atoms with Crippen LogP contribution in [0.15, 0.2) is 0 Å². The summed E-state index contributed by atoms with van der Waals surface area (Å²) in [6.07, 6.45) is -15.1. The Labute approximate surface area is 166 Å². The first-order chi connectivity index (χ1) is 13.4. The minimum atomic E-state index is -1.94. The summed E-state index contributed by atoms with van der Waals surface area (Å²) in [6.45, 7) is 4.40. The maximum atomic E-state index is 12.2. The monoisotopic (exact) mass is 424 g/mol. The molecule has 6 N–H and O–H groups in total. The third kappa shape index (κ3) is 5.10. The van der Waals surface area contributed by atoms with E-state index < -0.39 is 79.3 Å². The van der Waals surface area contributed by atoms with E-state index in [-0.39, 0.29) is 0 Å². The second-order valence-corrected chi connectivity index (χ2v) is 7.60. The highest BCUT2D eigenvalue weighted by atomic mass is 16.7. The normalized spacial score (nSPS) is 41.4. The summed E-state index contributed by atoms with van der Waals surface area (Å²) < 4.78 is 21.2. The molecule has 0 amide bonds. The van der Waals surface area contributed by atoms with Crippen LogP contribution in [0.5, 0.6) is 0 Å². The fraction of sp³-hybridized carbons (Fsp3) is 0.882. The smallest absolute Gasteiger partial charge is 0.335 e. The van der Waals surface area contributed by atoms with Crippen LogP contribution < -0.4 is 0 Å². The van der Waals surface area contributed by atoms with Crippen molar-refractivity contribution < 1.29 is 59.2 Å². The number of carboxylic acids is 1. The maximum absolute atomic E-state index is 12.2. The lowest BCUT2D eigenvalue weighted by Crippen LogP contribution is -2.65. The minimum absolute atomic E-state index is 0.484. The molecule has 0 spiro atoms. The van der Waals surface area contributed by atoms with Crippen molar-refractivity contribution in [2.45, 2.75) is 88.1 Å². The molecule has 2 rings (SSSR count). The molecule has 7 unspecified atom stereocenters. The second-order valence-electron chi connectivity index (χ2n) is 7.60. The highest BCUT2D eigenvalue weighted by Gasteiger charge is 2.53. The molecule has 2 saturated heterocycles. The summed E-state index contributed by atoms with van der Waals surface area (Å²) in [7, 11) is 0.